The Morgan fingerprint density at radius 3 is 2.33 bits per heavy atom. The van der Waals surface area contributed by atoms with Crippen LogP contribution in [0.15, 0.2) is 0 Å². The summed E-state index contributed by atoms with van der Waals surface area (Å²) < 4.78 is 5.27. The van der Waals surface area contributed by atoms with Gasteiger partial charge in [0.2, 0.25) is 0 Å². The Hall–Kier alpha value is -0.940. The van der Waals surface area contributed by atoms with Crippen LogP contribution in [0.3, 0.4) is 0 Å². The van der Waals surface area contributed by atoms with Gasteiger partial charge in [-0.1, -0.05) is 6.92 Å². The molecule has 0 aromatic carbocycles. The summed E-state index contributed by atoms with van der Waals surface area (Å²) in [6, 6.07) is -0.392. The van der Waals surface area contributed by atoms with Gasteiger partial charge in [0.05, 0.1) is 12.6 Å². The highest BCUT2D eigenvalue weighted by Gasteiger charge is 2.48. The van der Waals surface area contributed by atoms with Crippen molar-refractivity contribution in [1.29, 1.82) is 0 Å². The summed E-state index contributed by atoms with van der Waals surface area (Å²) in [5, 5.41) is 9.12. The fourth-order valence-electron chi connectivity index (χ4n) is 2.17. The standard InChI is InChI=1S/C10H15NO4/c1-2-6(5-12)11-9(13)7-3-4-8(15-7)10(11)14/h6-8,12H,2-5H2,1H3/t6-,7?,8?/m0/s1. The van der Waals surface area contributed by atoms with E-state index in [1.54, 1.807) is 0 Å². The van der Waals surface area contributed by atoms with Crippen LogP contribution in [0.2, 0.25) is 0 Å². The average Bonchev–Trinajstić information content (AvgIpc) is 2.68. The summed E-state index contributed by atoms with van der Waals surface area (Å²) in [5.41, 5.74) is 0. The Balaban J connectivity index is 2.22. The number of nitrogens with zero attached hydrogens (tertiary/aromatic N) is 1. The number of aliphatic hydroxyl groups excluding tert-OH is 1. The molecule has 0 aromatic rings. The average molecular weight is 213 g/mol. The van der Waals surface area contributed by atoms with Gasteiger partial charge in [-0.25, -0.2) is 0 Å². The van der Waals surface area contributed by atoms with Crippen LogP contribution in [-0.2, 0) is 14.3 Å². The van der Waals surface area contributed by atoms with Crippen molar-refractivity contribution in [3.63, 3.8) is 0 Å². The van der Waals surface area contributed by atoms with Crippen LogP contribution < -0.4 is 0 Å². The Morgan fingerprint density at radius 2 is 1.93 bits per heavy atom. The molecule has 0 radical (unpaired) electrons. The number of fused-ring (bicyclic) bond motifs is 2. The highest BCUT2D eigenvalue weighted by Crippen LogP contribution is 2.29. The Morgan fingerprint density at radius 1 is 1.40 bits per heavy atom. The molecule has 2 amide bonds. The van der Waals surface area contributed by atoms with E-state index in [-0.39, 0.29) is 18.4 Å². The summed E-state index contributed by atoms with van der Waals surface area (Å²) in [5.74, 6) is -0.565. The van der Waals surface area contributed by atoms with E-state index in [9.17, 15) is 9.59 Å². The molecule has 5 nitrogen and oxygen atoms in total. The van der Waals surface area contributed by atoms with Gasteiger partial charge >= 0.3 is 0 Å². The SMILES string of the molecule is CC[C@@H](CO)N1C(=O)C2CCC(O2)C1=O. The third-order valence-electron chi connectivity index (χ3n) is 3.09. The first-order chi connectivity index (χ1) is 7.19. The molecule has 2 rings (SSSR count). The molecule has 2 unspecified atom stereocenters. The predicted molar refractivity (Wildman–Crippen MR) is 50.9 cm³/mol. The van der Waals surface area contributed by atoms with E-state index in [1.165, 1.54) is 4.90 Å². The molecular weight excluding hydrogens is 198 g/mol. The molecule has 0 saturated carbocycles. The molecule has 3 atom stereocenters. The minimum atomic E-state index is -0.465. The van der Waals surface area contributed by atoms with Gasteiger partial charge < -0.3 is 9.84 Å². The third kappa shape index (κ3) is 1.55. The third-order valence-corrected chi connectivity index (χ3v) is 3.09. The first-order valence-corrected chi connectivity index (χ1v) is 5.32. The number of carbonyl (C=O) groups is 2. The normalized spacial score (nSPS) is 32.3. The van der Waals surface area contributed by atoms with Gasteiger partial charge in [-0.3, -0.25) is 14.5 Å². The van der Waals surface area contributed by atoms with E-state index in [1.807, 2.05) is 6.92 Å². The number of carbonyl (C=O) groups excluding carboxylic acids is 2. The van der Waals surface area contributed by atoms with Crippen molar-refractivity contribution in [2.24, 2.45) is 0 Å². The van der Waals surface area contributed by atoms with Gasteiger partial charge in [0.15, 0.2) is 0 Å². The van der Waals surface area contributed by atoms with Gasteiger partial charge in [-0.2, -0.15) is 0 Å². The van der Waals surface area contributed by atoms with Crippen molar-refractivity contribution in [2.45, 2.75) is 44.4 Å². The van der Waals surface area contributed by atoms with E-state index in [0.717, 1.165) is 0 Å². The number of rotatable bonds is 3. The number of imide groups is 1. The van der Waals surface area contributed by atoms with Gasteiger partial charge in [-0.15, -0.1) is 0 Å². The number of amides is 2. The number of likely N-dealkylation sites (tertiary alicyclic amines) is 1. The number of hydrogen-bond acceptors (Lipinski definition) is 4. The summed E-state index contributed by atoms with van der Waals surface area (Å²) in [6.07, 6.45) is 0.885. The highest BCUT2D eigenvalue weighted by atomic mass is 16.5. The van der Waals surface area contributed by atoms with Crippen LogP contribution in [0.5, 0.6) is 0 Å². The maximum absolute atomic E-state index is 11.8. The van der Waals surface area contributed by atoms with Gasteiger partial charge in [0.1, 0.15) is 12.2 Å². The largest absolute Gasteiger partial charge is 0.394 e. The van der Waals surface area contributed by atoms with Crippen molar-refractivity contribution in [3.05, 3.63) is 0 Å². The first kappa shape index (κ1) is 10.6. The lowest BCUT2D eigenvalue weighted by atomic mass is 10.1. The molecule has 0 spiro atoms. The number of aliphatic hydroxyl groups is 1. The van der Waals surface area contributed by atoms with Crippen molar-refractivity contribution < 1.29 is 19.4 Å². The Bertz CT molecular complexity index is 265. The smallest absolute Gasteiger partial charge is 0.258 e. The molecule has 0 aliphatic carbocycles. The van der Waals surface area contributed by atoms with Gasteiger partial charge in [0, 0.05) is 0 Å². The quantitative estimate of drug-likeness (QED) is 0.652. The fraction of sp³-hybridized carbons (Fsp3) is 0.800. The molecule has 2 bridgehead atoms. The minimum absolute atomic E-state index is 0.173. The lowest BCUT2D eigenvalue weighted by Crippen LogP contribution is -2.56. The lowest BCUT2D eigenvalue weighted by Gasteiger charge is -2.34. The van der Waals surface area contributed by atoms with E-state index in [2.05, 4.69) is 0 Å². The number of morpholine rings is 1. The van der Waals surface area contributed by atoms with Crippen molar-refractivity contribution in [2.75, 3.05) is 6.61 Å². The minimum Gasteiger partial charge on any atom is -0.394 e. The molecule has 0 aromatic heterocycles. The van der Waals surface area contributed by atoms with Crippen LogP contribution in [0.4, 0.5) is 0 Å². The van der Waals surface area contributed by atoms with E-state index in [4.69, 9.17) is 9.84 Å². The second-order valence-corrected chi connectivity index (χ2v) is 3.98. The summed E-state index contributed by atoms with van der Waals surface area (Å²) in [6.45, 7) is 1.67. The van der Waals surface area contributed by atoms with E-state index < -0.39 is 18.2 Å². The van der Waals surface area contributed by atoms with Crippen LogP contribution in [0.25, 0.3) is 0 Å². The first-order valence-electron chi connectivity index (χ1n) is 5.32. The zero-order valence-electron chi connectivity index (χ0n) is 8.68. The summed E-state index contributed by atoms with van der Waals surface area (Å²) >= 11 is 0. The molecule has 2 aliphatic rings. The molecule has 2 heterocycles. The molecule has 1 N–H and O–H groups in total. The molecule has 84 valence electrons. The lowest BCUT2D eigenvalue weighted by molar-refractivity contribution is -0.172. The molecule has 2 fully saturated rings. The maximum Gasteiger partial charge on any atom is 0.258 e. The summed E-state index contributed by atoms with van der Waals surface area (Å²) in [7, 11) is 0. The second-order valence-electron chi connectivity index (χ2n) is 3.98. The van der Waals surface area contributed by atoms with Crippen molar-refractivity contribution >= 4 is 11.8 Å². The Kier molecular flexibility index (Phi) is 2.75. The van der Waals surface area contributed by atoms with Crippen LogP contribution in [0.1, 0.15) is 26.2 Å². The maximum atomic E-state index is 11.8. The molecular formula is C10H15NO4. The second kappa shape index (κ2) is 3.90. The highest BCUT2D eigenvalue weighted by molar-refractivity contribution is 6.02. The molecule has 2 saturated heterocycles. The zero-order chi connectivity index (χ0) is 11.0. The topological polar surface area (TPSA) is 66.8 Å². The fourth-order valence-corrected chi connectivity index (χ4v) is 2.17. The van der Waals surface area contributed by atoms with Crippen molar-refractivity contribution in [1.82, 2.24) is 4.90 Å². The van der Waals surface area contributed by atoms with Gasteiger partial charge in [0.25, 0.3) is 11.8 Å². The van der Waals surface area contributed by atoms with Gasteiger partial charge in [-0.05, 0) is 19.3 Å². The number of hydrogen-bond donors (Lipinski definition) is 1. The van der Waals surface area contributed by atoms with E-state index >= 15 is 0 Å². The number of ether oxygens (including phenoxy) is 1. The van der Waals surface area contributed by atoms with Crippen LogP contribution in [-0.4, -0.2) is 46.7 Å². The monoisotopic (exact) mass is 213 g/mol. The van der Waals surface area contributed by atoms with Crippen molar-refractivity contribution in [3.8, 4) is 0 Å². The van der Waals surface area contributed by atoms with Crippen LogP contribution >= 0.6 is 0 Å². The zero-order valence-corrected chi connectivity index (χ0v) is 8.68. The molecule has 2 aliphatic heterocycles. The Labute approximate surface area is 88.0 Å². The van der Waals surface area contributed by atoms with E-state index in [0.29, 0.717) is 19.3 Å². The predicted octanol–water partition coefficient (Wildman–Crippen LogP) is -0.326. The summed E-state index contributed by atoms with van der Waals surface area (Å²) in [4.78, 5) is 24.8. The molecule has 15 heavy (non-hydrogen) atoms. The van der Waals surface area contributed by atoms with Crippen LogP contribution in [0, 0.1) is 0 Å². The molecule has 5 heteroatoms.